The Hall–Kier alpha value is -0.430. The molecule has 2 rings (SSSR count). The van der Waals surface area contributed by atoms with Gasteiger partial charge in [-0.3, -0.25) is 9.69 Å². The minimum Gasteiger partial charge on any atom is -0.374 e. The molecule has 20 heavy (non-hydrogen) atoms. The third-order valence-electron chi connectivity index (χ3n) is 3.13. The van der Waals surface area contributed by atoms with Gasteiger partial charge in [-0.25, -0.2) is 0 Å². The predicted octanol–water partition coefficient (Wildman–Crippen LogP) is 2.60. The molecule has 1 unspecified atom stereocenters. The molecule has 6 heteroatoms. The third kappa shape index (κ3) is 4.84. The summed E-state index contributed by atoms with van der Waals surface area (Å²) in [6.45, 7) is 8.74. The Kier molecular flexibility index (Phi) is 6.01. The molecule has 1 aliphatic rings. The van der Waals surface area contributed by atoms with Crippen LogP contribution in [0.2, 0.25) is 0 Å². The molecule has 112 valence electrons. The maximum Gasteiger partial charge on any atom is 0.261 e. The van der Waals surface area contributed by atoms with E-state index in [0.717, 1.165) is 34.9 Å². The van der Waals surface area contributed by atoms with Crippen molar-refractivity contribution in [2.75, 3.05) is 32.8 Å². The minimum atomic E-state index is -0.0229. The summed E-state index contributed by atoms with van der Waals surface area (Å²) in [5, 5.41) is 2.95. The molecule has 1 atom stereocenters. The summed E-state index contributed by atoms with van der Waals surface area (Å²) < 4.78 is 6.69. The molecular weight excluding hydrogens is 340 g/mol. The van der Waals surface area contributed by atoms with Gasteiger partial charge in [0.15, 0.2) is 0 Å². The van der Waals surface area contributed by atoms with E-state index in [1.165, 1.54) is 11.3 Å². The Morgan fingerprint density at radius 2 is 2.40 bits per heavy atom. The van der Waals surface area contributed by atoms with E-state index in [9.17, 15) is 4.79 Å². The number of thiophene rings is 1. The second kappa shape index (κ2) is 7.54. The lowest BCUT2D eigenvalue weighted by Crippen LogP contribution is -2.48. The normalized spacial score (nSPS) is 20.3. The first-order chi connectivity index (χ1) is 9.54. The van der Waals surface area contributed by atoms with E-state index in [1.54, 1.807) is 0 Å². The fourth-order valence-corrected chi connectivity index (χ4v) is 3.62. The lowest BCUT2D eigenvalue weighted by Gasteiger charge is -2.33. The van der Waals surface area contributed by atoms with Gasteiger partial charge in [0.25, 0.3) is 5.91 Å². The third-order valence-corrected chi connectivity index (χ3v) is 4.76. The smallest absolute Gasteiger partial charge is 0.261 e. The summed E-state index contributed by atoms with van der Waals surface area (Å²) in [6.07, 6.45) is 0.0925. The molecule has 4 nitrogen and oxygen atoms in total. The maximum absolute atomic E-state index is 12.0. The summed E-state index contributed by atoms with van der Waals surface area (Å²) in [7, 11) is 0. The highest BCUT2D eigenvalue weighted by Gasteiger charge is 2.21. The van der Waals surface area contributed by atoms with Gasteiger partial charge < -0.3 is 10.1 Å². The summed E-state index contributed by atoms with van der Waals surface area (Å²) in [5.41, 5.74) is 0. The summed E-state index contributed by atoms with van der Waals surface area (Å²) >= 11 is 4.81. The van der Waals surface area contributed by atoms with Crippen LogP contribution in [0.25, 0.3) is 0 Å². The van der Waals surface area contributed by atoms with Crippen molar-refractivity contribution >= 4 is 33.2 Å². The van der Waals surface area contributed by atoms with E-state index in [0.29, 0.717) is 12.5 Å². The predicted molar refractivity (Wildman–Crippen MR) is 85.4 cm³/mol. The average Bonchev–Trinajstić information content (AvgIpc) is 2.82. The molecule has 1 amide bonds. The van der Waals surface area contributed by atoms with Gasteiger partial charge in [0.2, 0.25) is 0 Å². The number of ether oxygens (including phenoxy) is 1. The van der Waals surface area contributed by atoms with Gasteiger partial charge >= 0.3 is 0 Å². The zero-order valence-electron chi connectivity index (χ0n) is 11.9. The number of hydrogen-bond acceptors (Lipinski definition) is 4. The number of hydrogen-bond donors (Lipinski definition) is 1. The Morgan fingerprint density at radius 1 is 1.60 bits per heavy atom. The lowest BCUT2D eigenvalue weighted by molar-refractivity contribution is -0.0295. The number of amides is 1. The molecule has 0 aromatic carbocycles. The second-order valence-corrected chi connectivity index (χ2v) is 7.92. The van der Waals surface area contributed by atoms with Gasteiger partial charge in [0.05, 0.1) is 21.4 Å². The molecule has 1 saturated heterocycles. The van der Waals surface area contributed by atoms with Crippen LogP contribution in [0.3, 0.4) is 0 Å². The van der Waals surface area contributed by atoms with E-state index in [2.05, 4.69) is 40.0 Å². The average molecular weight is 361 g/mol. The van der Waals surface area contributed by atoms with Crippen LogP contribution < -0.4 is 5.32 Å². The Morgan fingerprint density at radius 3 is 3.05 bits per heavy atom. The van der Waals surface area contributed by atoms with Gasteiger partial charge in [0, 0.05) is 26.2 Å². The molecule has 0 spiro atoms. The van der Waals surface area contributed by atoms with E-state index >= 15 is 0 Å². The summed E-state index contributed by atoms with van der Waals surface area (Å²) in [4.78, 5) is 15.1. The number of nitrogens with zero attached hydrogens (tertiary/aromatic N) is 1. The Balaban J connectivity index is 1.77. The SMILES string of the molecule is CC(C)CN1CCOC(CNC(=O)c2ccc(Br)s2)C1. The van der Waals surface area contributed by atoms with Crippen LogP contribution in [-0.4, -0.2) is 49.7 Å². The zero-order valence-corrected chi connectivity index (χ0v) is 14.3. The fraction of sp³-hybridized carbons (Fsp3) is 0.643. The number of carbonyl (C=O) groups is 1. The van der Waals surface area contributed by atoms with Crippen molar-refractivity contribution < 1.29 is 9.53 Å². The van der Waals surface area contributed by atoms with Gasteiger partial charge in [-0.1, -0.05) is 13.8 Å². The molecule has 1 aromatic heterocycles. The van der Waals surface area contributed by atoms with Crippen LogP contribution in [-0.2, 0) is 4.74 Å². The van der Waals surface area contributed by atoms with E-state index < -0.39 is 0 Å². The lowest BCUT2D eigenvalue weighted by atomic mass is 10.2. The fourth-order valence-electron chi connectivity index (χ4n) is 2.32. The quantitative estimate of drug-likeness (QED) is 0.877. The van der Waals surface area contributed by atoms with Crippen molar-refractivity contribution in [2.24, 2.45) is 5.92 Å². The molecule has 2 heterocycles. The van der Waals surface area contributed by atoms with Gasteiger partial charge in [-0.05, 0) is 34.0 Å². The summed E-state index contributed by atoms with van der Waals surface area (Å²) in [5.74, 6) is 0.636. The maximum atomic E-state index is 12.0. The molecule has 1 fully saturated rings. The van der Waals surface area contributed by atoms with Crippen LogP contribution in [0.15, 0.2) is 15.9 Å². The van der Waals surface area contributed by atoms with Gasteiger partial charge in [-0.15, -0.1) is 11.3 Å². The van der Waals surface area contributed by atoms with Crippen LogP contribution in [0.1, 0.15) is 23.5 Å². The van der Waals surface area contributed by atoms with Gasteiger partial charge in [-0.2, -0.15) is 0 Å². The van der Waals surface area contributed by atoms with Crippen LogP contribution in [0.4, 0.5) is 0 Å². The molecule has 0 radical (unpaired) electrons. The monoisotopic (exact) mass is 360 g/mol. The molecule has 1 N–H and O–H groups in total. The number of rotatable bonds is 5. The van der Waals surface area contributed by atoms with E-state index in [1.807, 2.05) is 12.1 Å². The van der Waals surface area contributed by atoms with E-state index in [4.69, 9.17) is 4.74 Å². The van der Waals surface area contributed by atoms with Crippen LogP contribution in [0.5, 0.6) is 0 Å². The van der Waals surface area contributed by atoms with Gasteiger partial charge in [0.1, 0.15) is 0 Å². The van der Waals surface area contributed by atoms with Crippen molar-refractivity contribution in [3.63, 3.8) is 0 Å². The number of morpholine rings is 1. The molecule has 0 aliphatic carbocycles. The van der Waals surface area contributed by atoms with Crippen LogP contribution in [0, 0.1) is 5.92 Å². The van der Waals surface area contributed by atoms with Crippen molar-refractivity contribution in [3.8, 4) is 0 Å². The highest BCUT2D eigenvalue weighted by Crippen LogP contribution is 2.21. The minimum absolute atomic E-state index is 0.0229. The van der Waals surface area contributed by atoms with Crippen molar-refractivity contribution in [1.29, 1.82) is 0 Å². The largest absolute Gasteiger partial charge is 0.374 e. The van der Waals surface area contributed by atoms with Crippen molar-refractivity contribution in [2.45, 2.75) is 20.0 Å². The molecule has 0 saturated carbocycles. The number of carbonyl (C=O) groups excluding carboxylic acids is 1. The van der Waals surface area contributed by atoms with Crippen molar-refractivity contribution in [1.82, 2.24) is 10.2 Å². The molecular formula is C14H21BrN2O2S. The van der Waals surface area contributed by atoms with Crippen molar-refractivity contribution in [3.05, 3.63) is 20.8 Å². The van der Waals surface area contributed by atoms with E-state index in [-0.39, 0.29) is 12.0 Å². The molecule has 1 aromatic rings. The summed E-state index contributed by atoms with van der Waals surface area (Å²) in [6, 6.07) is 3.72. The highest BCUT2D eigenvalue weighted by atomic mass is 79.9. The standard InChI is InChI=1S/C14H21BrN2O2S/c1-10(2)8-17-5-6-19-11(9-17)7-16-14(18)12-3-4-13(15)20-12/h3-4,10-11H,5-9H2,1-2H3,(H,16,18). The topological polar surface area (TPSA) is 41.6 Å². The first kappa shape index (κ1) is 15.9. The number of halogens is 1. The first-order valence-electron chi connectivity index (χ1n) is 6.92. The Bertz CT molecular complexity index is 450. The molecule has 0 bridgehead atoms. The molecule has 1 aliphatic heterocycles. The zero-order chi connectivity index (χ0) is 14.5. The Labute approximate surface area is 132 Å². The number of nitrogens with one attached hydrogen (secondary N) is 1. The van der Waals surface area contributed by atoms with Crippen LogP contribution >= 0.6 is 27.3 Å². The second-order valence-electron chi connectivity index (χ2n) is 5.46. The highest BCUT2D eigenvalue weighted by molar-refractivity contribution is 9.11. The first-order valence-corrected chi connectivity index (χ1v) is 8.53.